The molecule has 1 N–H and O–H groups in total. The lowest BCUT2D eigenvalue weighted by molar-refractivity contribution is -0.147. The first-order valence-corrected chi connectivity index (χ1v) is 10.6. The van der Waals surface area contributed by atoms with Crippen LogP contribution in [0.2, 0.25) is 0 Å². The second-order valence-electron chi connectivity index (χ2n) is 8.14. The minimum absolute atomic E-state index is 0.204. The molecule has 2 atom stereocenters. The lowest BCUT2D eigenvalue weighted by Gasteiger charge is -2.31. The van der Waals surface area contributed by atoms with Crippen molar-refractivity contribution >= 4 is 40.6 Å². The third kappa shape index (κ3) is 7.03. The van der Waals surface area contributed by atoms with E-state index >= 15 is 0 Å². The standard InChI is InChI=1S/C21H31IN2O6/c1-12(2)16(19(26)29-8)23-18(25)17(24(6)20(27)30-21(3,4)5)13-9-10-15(28-7)14(22)11-13/h9-12,16-17H,1-8H3,(H,23,25)/t16-,17-/m0/s1. The first-order chi connectivity index (χ1) is 13.8. The summed E-state index contributed by atoms with van der Waals surface area (Å²) in [7, 11) is 4.30. The van der Waals surface area contributed by atoms with Gasteiger partial charge >= 0.3 is 12.1 Å². The summed E-state index contributed by atoms with van der Waals surface area (Å²) in [5.74, 6) is -0.632. The molecule has 0 saturated heterocycles. The lowest BCUT2D eigenvalue weighted by atomic mass is 10.0. The third-order valence-electron chi connectivity index (χ3n) is 4.23. The van der Waals surface area contributed by atoms with Crippen molar-refractivity contribution in [1.82, 2.24) is 10.2 Å². The van der Waals surface area contributed by atoms with Crippen LogP contribution in [0, 0.1) is 9.49 Å². The quantitative estimate of drug-likeness (QED) is 0.425. The number of likely N-dealkylation sites (N-methyl/N-ethyl adjacent to an activating group) is 1. The summed E-state index contributed by atoms with van der Waals surface area (Å²) < 4.78 is 16.3. The average molecular weight is 534 g/mol. The second-order valence-corrected chi connectivity index (χ2v) is 9.30. The predicted octanol–water partition coefficient (Wildman–Crippen LogP) is 3.52. The molecule has 1 rings (SSSR count). The largest absolute Gasteiger partial charge is 0.496 e. The summed E-state index contributed by atoms with van der Waals surface area (Å²) in [6.45, 7) is 8.83. The number of nitrogens with zero attached hydrogens (tertiary/aromatic N) is 1. The molecule has 0 aliphatic heterocycles. The number of halogens is 1. The number of hydrogen-bond acceptors (Lipinski definition) is 6. The fourth-order valence-corrected chi connectivity index (χ4v) is 3.46. The number of hydrogen-bond donors (Lipinski definition) is 1. The Kier molecular flexibility index (Phi) is 9.38. The van der Waals surface area contributed by atoms with Crippen LogP contribution in [0.25, 0.3) is 0 Å². The van der Waals surface area contributed by atoms with E-state index in [2.05, 4.69) is 27.9 Å². The molecule has 0 fully saturated rings. The zero-order valence-corrected chi connectivity index (χ0v) is 20.9. The molecule has 168 valence electrons. The number of carbonyl (C=O) groups excluding carboxylic acids is 3. The van der Waals surface area contributed by atoms with Crippen molar-refractivity contribution < 1.29 is 28.6 Å². The van der Waals surface area contributed by atoms with Gasteiger partial charge in [0.1, 0.15) is 23.4 Å². The van der Waals surface area contributed by atoms with Gasteiger partial charge in [0, 0.05) is 7.05 Å². The highest BCUT2D eigenvalue weighted by Gasteiger charge is 2.35. The first-order valence-electron chi connectivity index (χ1n) is 9.49. The van der Waals surface area contributed by atoms with Gasteiger partial charge in [-0.25, -0.2) is 9.59 Å². The lowest BCUT2D eigenvalue weighted by Crippen LogP contribution is -2.50. The topological polar surface area (TPSA) is 94.2 Å². The van der Waals surface area contributed by atoms with Crippen molar-refractivity contribution in [1.29, 1.82) is 0 Å². The Bertz CT molecular complexity index is 775. The minimum Gasteiger partial charge on any atom is -0.496 e. The zero-order valence-electron chi connectivity index (χ0n) is 18.7. The van der Waals surface area contributed by atoms with Crippen molar-refractivity contribution in [3.63, 3.8) is 0 Å². The Labute approximate surface area is 191 Å². The van der Waals surface area contributed by atoms with Gasteiger partial charge in [0.2, 0.25) is 5.91 Å². The van der Waals surface area contributed by atoms with E-state index in [1.165, 1.54) is 19.1 Å². The Morgan fingerprint density at radius 1 is 1.13 bits per heavy atom. The van der Waals surface area contributed by atoms with Gasteiger partial charge in [-0.3, -0.25) is 9.69 Å². The molecular weight excluding hydrogens is 503 g/mol. The highest BCUT2D eigenvalue weighted by Crippen LogP contribution is 2.29. The molecule has 0 heterocycles. The molecule has 30 heavy (non-hydrogen) atoms. The van der Waals surface area contributed by atoms with E-state index in [0.29, 0.717) is 11.3 Å². The van der Waals surface area contributed by atoms with Crippen LogP contribution in [0.4, 0.5) is 4.79 Å². The van der Waals surface area contributed by atoms with Crippen molar-refractivity contribution in [2.75, 3.05) is 21.3 Å². The van der Waals surface area contributed by atoms with Gasteiger partial charge in [-0.2, -0.15) is 0 Å². The fourth-order valence-electron chi connectivity index (χ4n) is 2.70. The van der Waals surface area contributed by atoms with Gasteiger partial charge in [0.15, 0.2) is 0 Å². The minimum atomic E-state index is -1.02. The molecule has 0 aliphatic carbocycles. The second kappa shape index (κ2) is 10.8. The number of nitrogens with one attached hydrogen (secondary N) is 1. The zero-order chi connectivity index (χ0) is 23.2. The molecule has 1 aromatic rings. The summed E-state index contributed by atoms with van der Waals surface area (Å²) in [4.78, 5) is 39.3. The monoisotopic (exact) mass is 534 g/mol. The molecule has 9 heteroatoms. The molecule has 0 spiro atoms. The van der Waals surface area contributed by atoms with E-state index < -0.39 is 35.7 Å². The van der Waals surface area contributed by atoms with Crippen molar-refractivity contribution in [2.24, 2.45) is 5.92 Å². The van der Waals surface area contributed by atoms with E-state index in [4.69, 9.17) is 14.2 Å². The van der Waals surface area contributed by atoms with E-state index in [1.807, 2.05) is 0 Å². The van der Waals surface area contributed by atoms with Gasteiger partial charge in [-0.1, -0.05) is 19.9 Å². The van der Waals surface area contributed by atoms with Crippen LogP contribution >= 0.6 is 22.6 Å². The summed E-state index contributed by atoms with van der Waals surface area (Å²) in [5, 5.41) is 2.72. The van der Waals surface area contributed by atoms with Gasteiger partial charge in [0.05, 0.1) is 17.8 Å². The van der Waals surface area contributed by atoms with E-state index in [1.54, 1.807) is 59.9 Å². The number of carbonyl (C=O) groups is 3. The number of amides is 2. The molecule has 0 aromatic heterocycles. The van der Waals surface area contributed by atoms with E-state index in [9.17, 15) is 14.4 Å². The molecule has 0 saturated carbocycles. The SMILES string of the molecule is COC(=O)[C@@H](NC(=O)[C@H](c1ccc(OC)c(I)c1)N(C)C(=O)OC(C)(C)C)C(C)C. The Morgan fingerprint density at radius 3 is 2.17 bits per heavy atom. The maximum Gasteiger partial charge on any atom is 0.410 e. The molecule has 8 nitrogen and oxygen atoms in total. The number of esters is 1. The Hall–Kier alpha value is -2.04. The summed E-state index contributed by atoms with van der Waals surface area (Å²) in [6.07, 6.45) is -0.660. The smallest absolute Gasteiger partial charge is 0.410 e. The highest BCUT2D eigenvalue weighted by molar-refractivity contribution is 14.1. The summed E-state index contributed by atoms with van der Waals surface area (Å²) in [5.41, 5.74) is -0.175. The first kappa shape index (κ1) is 26.0. The molecule has 2 amide bonds. The maximum atomic E-state index is 13.3. The maximum absolute atomic E-state index is 13.3. The number of methoxy groups -OCH3 is 2. The highest BCUT2D eigenvalue weighted by atomic mass is 127. The van der Waals surface area contributed by atoms with Crippen molar-refractivity contribution in [3.8, 4) is 5.75 Å². The van der Waals surface area contributed by atoms with Crippen LogP contribution in [-0.2, 0) is 19.1 Å². The third-order valence-corrected chi connectivity index (χ3v) is 5.07. The summed E-state index contributed by atoms with van der Waals surface area (Å²) in [6, 6.07) is 3.31. The molecule has 1 aromatic carbocycles. The Balaban J connectivity index is 3.35. The fraction of sp³-hybridized carbons (Fsp3) is 0.571. The van der Waals surface area contributed by atoms with Crippen LogP contribution in [0.3, 0.4) is 0 Å². The van der Waals surface area contributed by atoms with Crippen molar-refractivity contribution in [2.45, 2.75) is 52.3 Å². The average Bonchev–Trinajstić information content (AvgIpc) is 2.64. The molecule has 0 unspecified atom stereocenters. The van der Waals surface area contributed by atoms with Gasteiger partial charge in [-0.15, -0.1) is 0 Å². The molecular formula is C21H31IN2O6. The Morgan fingerprint density at radius 2 is 1.73 bits per heavy atom. The number of rotatable bonds is 7. The molecule has 0 aliphatic rings. The predicted molar refractivity (Wildman–Crippen MR) is 121 cm³/mol. The van der Waals surface area contributed by atoms with Crippen LogP contribution in [0.15, 0.2) is 18.2 Å². The van der Waals surface area contributed by atoms with E-state index in [0.717, 1.165) is 3.57 Å². The van der Waals surface area contributed by atoms with Crippen molar-refractivity contribution in [3.05, 3.63) is 27.3 Å². The van der Waals surface area contributed by atoms with Crippen LogP contribution in [0.1, 0.15) is 46.2 Å². The number of benzene rings is 1. The van der Waals surface area contributed by atoms with Gasteiger partial charge < -0.3 is 19.5 Å². The molecule has 0 bridgehead atoms. The van der Waals surface area contributed by atoms with Crippen LogP contribution in [0.5, 0.6) is 5.75 Å². The normalized spacial score (nSPS) is 13.3. The number of ether oxygens (including phenoxy) is 3. The van der Waals surface area contributed by atoms with Crippen LogP contribution < -0.4 is 10.1 Å². The van der Waals surface area contributed by atoms with Gasteiger partial charge in [0.25, 0.3) is 0 Å². The van der Waals surface area contributed by atoms with Crippen LogP contribution in [-0.4, -0.2) is 55.8 Å². The van der Waals surface area contributed by atoms with E-state index in [-0.39, 0.29) is 5.92 Å². The van der Waals surface area contributed by atoms with Gasteiger partial charge in [-0.05, 0) is 67.0 Å². The summed E-state index contributed by atoms with van der Waals surface area (Å²) >= 11 is 2.09. The molecule has 0 radical (unpaired) electrons.